The molecule has 0 aromatic carbocycles. The quantitative estimate of drug-likeness (QED) is 0.711. The van der Waals surface area contributed by atoms with E-state index in [0.717, 1.165) is 13.1 Å². The molecule has 0 atom stereocenters. The van der Waals surface area contributed by atoms with Crippen molar-refractivity contribution < 1.29 is 4.74 Å². The average Bonchev–Trinajstić information content (AvgIpc) is 1.93. The zero-order chi connectivity index (χ0) is 11.7. The monoisotopic (exact) mass is 213 g/mol. The van der Waals surface area contributed by atoms with Crippen LogP contribution in [-0.2, 0) is 4.74 Å². The zero-order valence-electron chi connectivity index (χ0n) is 11.3. The van der Waals surface area contributed by atoms with E-state index in [4.69, 9.17) is 4.74 Å². The smallest absolute Gasteiger partial charge is 0.0836 e. The van der Waals surface area contributed by atoms with Crippen molar-refractivity contribution in [1.82, 2.24) is 4.90 Å². The molecule has 0 radical (unpaired) electrons. The van der Waals surface area contributed by atoms with Gasteiger partial charge in [0.15, 0.2) is 0 Å². The Bertz CT molecular complexity index is 199. The van der Waals surface area contributed by atoms with Crippen molar-refractivity contribution in [2.45, 2.75) is 71.6 Å². The maximum atomic E-state index is 5.94. The van der Waals surface area contributed by atoms with Crippen LogP contribution in [0.4, 0.5) is 0 Å². The lowest BCUT2D eigenvalue weighted by Crippen LogP contribution is -2.61. The summed E-state index contributed by atoms with van der Waals surface area (Å²) in [6.45, 7) is 15.5. The summed E-state index contributed by atoms with van der Waals surface area (Å²) in [6, 6.07) is 0. The van der Waals surface area contributed by atoms with Gasteiger partial charge in [-0.3, -0.25) is 4.90 Å². The summed E-state index contributed by atoms with van der Waals surface area (Å²) in [4.78, 5) is 2.53. The van der Waals surface area contributed by atoms with Crippen LogP contribution < -0.4 is 0 Å². The van der Waals surface area contributed by atoms with E-state index in [1.54, 1.807) is 0 Å². The molecule has 1 heterocycles. The van der Waals surface area contributed by atoms with Crippen molar-refractivity contribution in [3.63, 3.8) is 0 Å². The molecule has 1 aliphatic rings. The molecule has 15 heavy (non-hydrogen) atoms. The Morgan fingerprint density at radius 2 is 1.67 bits per heavy atom. The molecule has 0 N–H and O–H groups in total. The lowest BCUT2D eigenvalue weighted by Gasteiger charge is -2.50. The fourth-order valence-corrected chi connectivity index (χ4v) is 2.28. The molecule has 0 aromatic heterocycles. The number of hydrogen-bond donors (Lipinski definition) is 0. The van der Waals surface area contributed by atoms with E-state index in [2.05, 4.69) is 46.4 Å². The lowest BCUT2D eigenvalue weighted by atomic mass is 9.92. The second kappa shape index (κ2) is 4.42. The normalized spacial score (nSPS) is 20.4. The van der Waals surface area contributed by atoms with Gasteiger partial charge in [0.2, 0.25) is 0 Å². The van der Waals surface area contributed by atoms with Gasteiger partial charge < -0.3 is 4.74 Å². The van der Waals surface area contributed by atoms with Gasteiger partial charge in [0.25, 0.3) is 0 Å². The predicted molar refractivity (Wildman–Crippen MR) is 65.2 cm³/mol. The molecule has 1 saturated heterocycles. The van der Waals surface area contributed by atoms with E-state index < -0.39 is 0 Å². The van der Waals surface area contributed by atoms with Crippen LogP contribution >= 0.6 is 0 Å². The Morgan fingerprint density at radius 3 is 2.07 bits per heavy atom. The van der Waals surface area contributed by atoms with E-state index in [1.165, 1.54) is 12.8 Å². The van der Waals surface area contributed by atoms with E-state index in [9.17, 15) is 0 Å². The van der Waals surface area contributed by atoms with Crippen LogP contribution in [0.25, 0.3) is 0 Å². The van der Waals surface area contributed by atoms with Crippen molar-refractivity contribution >= 4 is 0 Å². The van der Waals surface area contributed by atoms with Gasteiger partial charge in [0.1, 0.15) is 0 Å². The molecule has 0 amide bonds. The highest BCUT2D eigenvalue weighted by Gasteiger charge is 2.38. The molecular formula is C13H27NO. The van der Waals surface area contributed by atoms with E-state index in [-0.39, 0.29) is 5.60 Å². The number of nitrogens with zero attached hydrogens (tertiary/aromatic N) is 1. The minimum atomic E-state index is 0.00561. The maximum Gasteiger partial charge on any atom is 0.0836 e. The maximum absolute atomic E-state index is 5.94. The van der Waals surface area contributed by atoms with Gasteiger partial charge in [0.05, 0.1) is 11.7 Å². The third-order valence-electron chi connectivity index (χ3n) is 3.09. The van der Waals surface area contributed by atoms with Gasteiger partial charge in [-0.15, -0.1) is 0 Å². The van der Waals surface area contributed by atoms with Crippen LogP contribution in [0, 0.1) is 0 Å². The van der Waals surface area contributed by atoms with Gasteiger partial charge in [-0.25, -0.2) is 0 Å². The molecule has 0 saturated carbocycles. The largest absolute Gasteiger partial charge is 0.370 e. The highest BCUT2D eigenvalue weighted by Crippen LogP contribution is 2.29. The van der Waals surface area contributed by atoms with Crippen molar-refractivity contribution in [3.05, 3.63) is 0 Å². The first-order valence-electron chi connectivity index (χ1n) is 6.17. The molecule has 2 heteroatoms. The highest BCUT2D eigenvalue weighted by molar-refractivity contribution is 4.92. The third-order valence-corrected chi connectivity index (χ3v) is 3.09. The Kier molecular flexibility index (Phi) is 3.83. The van der Waals surface area contributed by atoms with Gasteiger partial charge in [-0.05, 0) is 41.0 Å². The fourth-order valence-electron chi connectivity index (χ4n) is 2.28. The van der Waals surface area contributed by atoms with Crippen molar-refractivity contribution in [1.29, 1.82) is 0 Å². The van der Waals surface area contributed by atoms with Gasteiger partial charge >= 0.3 is 0 Å². The molecule has 0 aliphatic carbocycles. The molecule has 0 spiro atoms. The Balaban J connectivity index is 2.31. The topological polar surface area (TPSA) is 12.5 Å². The summed E-state index contributed by atoms with van der Waals surface area (Å²) in [5.74, 6) is 0. The second-order valence-electron chi connectivity index (χ2n) is 6.32. The number of ether oxygens (including phenoxy) is 1. The summed E-state index contributed by atoms with van der Waals surface area (Å²) in [5.41, 5.74) is 0.359. The van der Waals surface area contributed by atoms with Gasteiger partial charge in [-0.2, -0.15) is 0 Å². The summed E-state index contributed by atoms with van der Waals surface area (Å²) in [5, 5.41) is 0. The van der Waals surface area contributed by atoms with Crippen LogP contribution in [0.1, 0.15) is 54.4 Å². The minimum Gasteiger partial charge on any atom is -0.370 e. The Labute approximate surface area is 95.0 Å². The highest BCUT2D eigenvalue weighted by atomic mass is 16.5. The SMILES string of the molecule is CCCC(C)(C)N1CC(OC(C)(C)C)C1. The standard InChI is InChI=1S/C13H27NO/c1-7-8-13(5,6)14-9-11(10-14)15-12(2,3)4/h11H,7-10H2,1-6H3. The molecule has 1 fully saturated rings. The summed E-state index contributed by atoms with van der Waals surface area (Å²) in [6.07, 6.45) is 2.98. The predicted octanol–water partition coefficient (Wildman–Crippen LogP) is 3.06. The van der Waals surface area contributed by atoms with Crippen LogP contribution in [0.15, 0.2) is 0 Å². The molecule has 0 aromatic rings. The zero-order valence-corrected chi connectivity index (χ0v) is 11.3. The number of likely N-dealkylation sites (tertiary alicyclic amines) is 1. The first-order valence-corrected chi connectivity index (χ1v) is 6.17. The van der Waals surface area contributed by atoms with E-state index >= 15 is 0 Å². The fraction of sp³-hybridized carbons (Fsp3) is 1.00. The number of rotatable bonds is 4. The van der Waals surface area contributed by atoms with Crippen molar-refractivity contribution in [3.8, 4) is 0 Å². The lowest BCUT2D eigenvalue weighted by molar-refractivity contribution is -0.147. The summed E-state index contributed by atoms with van der Waals surface area (Å²) in [7, 11) is 0. The van der Waals surface area contributed by atoms with Crippen LogP contribution in [-0.4, -0.2) is 35.2 Å². The van der Waals surface area contributed by atoms with Crippen LogP contribution in [0.5, 0.6) is 0 Å². The third kappa shape index (κ3) is 3.76. The van der Waals surface area contributed by atoms with Gasteiger partial charge in [-0.1, -0.05) is 13.3 Å². The minimum absolute atomic E-state index is 0.00561. The number of hydrogen-bond acceptors (Lipinski definition) is 2. The molecule has 90 valence electrons. The molecule has 0 unspecified atom stereocenters. The summed E-state index contributed by atoms with van der Waals surface area (Å²) < 4.78 is 5.94. The van der Waals surface area contributed by atoms with E-state index in [0.29, 0.717) is 11.6 Å². The van der Waals surface area contributed by atoms with E-state index in [1.807, 2.05) is 0 Å². The Morgan fingerprint density at radius 1 is 1.13 bits per heavy atom. The van der Waals surface area contributed by atoms with Crippen LogP contribution in [0.2, 0.25) is 0 Å². The first-order chi connectivity index (χ1) is 6.74. The second-order valence-corrected chi connectivity index (χ2v) is 6.32. The molecule has 0 bridgehead atoms. The average molecular weight is 213 g/mol. The van der Waals surface area contributed by atoms with Crippen molar-refractivity contribution in [2.24, 2.45) is 0 Å². The van der Waals surface area contributed by atoms with Crippen molar-refractivity contribution in [2.75, 3.05) is 13.1 Å². The van der Waals surface area contributed by atoms with Gasteiger partial charge in [0, 0.05) is 18.6 Å². The molecule has 2 nitrogen and oxygen atoms in total. The summed E-state index contributed by atoms with van der Waals surface area (Å²) >= 11 is 0. The Hall–Kier alpha value is -0.0800. The molecular weight excluding hydrogens is 186 g/mol. The molecule has 1 aliphatic heterocycles. The first kappa shape index (κ1) is 13.0. The molecule has 1 rings (SSSR count). The van der Waals surface area contributed by atoms with Crippen LogP contribution in [0.3, 0.4) is 0 Å².